The number of likely N-dealkylation sites (tertiary alicyclic amines) is 1. The molecule has 3 rings (SSSR count). The lowest BCUT2D eigenvalue weighted by molar-refractivity contribution is -0.137. The summed E-state index contributed by atoms with van der Waals surface area (Å²) in [6.45, 7) is 6.25. The molecule has 2 aromatic carbocycles. The van der Waals surface area contributed by atoms with Gasteiger partial charge in [-0.05, 0) is 56.2 Å². The van der Waals surface area contributed by atoms with Crippen LogP contribution in [0.15, 0.2) is 53.4 Å². The normalized spacial score (nSPS) is 18.9. The topological polar surface area (TPSA) is 41.6 Å². The number of hydrogen-bond acceptors (Lipinski definition) is 3. The van der Waals surface area contributed by atoms with E-state index in [-0.39, 0.29) is 17.0 Å². The standard InChI is InChI=1S/C21H25F3N2O2S/c1-15(2)28-19-8-6-16(7-9-19)13-26-11-10-18(14-26)25-29(27)20-5-3-4-17(12-20)21(22,23)24/h3-9,12,15,18,25H,10-11,13-14H2,1-2H3. The highest BCUT2D eigenvalue weighted by atomic mass is 32.2. The van der Waals surface area contributed by atoms with Crippen molar-refractivity contribution in [1.29, 1.82) is 0 Å². The van der Waals surface area contributed by atoms with Crippen LogP contribution in [-0.2, 0) is 23.7 Å². The molecule has 0 saturated carbocycles. The monoisotopic (exact) mass is 426 g/mol. The van der Waals surface area contributed by atoms with E-state index in [1.165, 1.54) is 12.1 Å². The Kier molecular flexibility index (Phi) is 6.97. The van der Waals surface area contributed by atoms with Crippen molar-refractivity contribution in [1.82, 2.24) is 9.62 Å². The lowest BCUT2D eigenvalue weighted by Gasteiger charge is -2.17. The van der Waals surface area contributed by atoms with E-state index in [1.54, 1.807) is 0 Å². The summed E-state index contributed by atoms with van der Waals surface area (Å²) >= 11 is 0. The molecule has 158 valence electrons. The smallest absolute Gasteiger partial charge is 0.416 e. The lowest BCUT2D eigenvalue weighted by atomic mass is 10.2. The third kappa shape index (κ3) is 6.29. The Morgan fingerprint density at radius 3 is 2.59 bits per heavy atom. The summed E-state index contributed by atoms with van der Waals surface area (Å²) in [4.78, 5) is 2.37. The molecule has 1 N–H and O–H groups in total. The van der Waals surface area contributed by atoms with Gasteiger partial charge >= 0.3 is 6.18 Å². The third-order valence-electron chi connectivity index (χ3n) is 4.62. The van der Waals surface area contributed by atoms with Crippen molar-refractivity contribution in [3.05, 3.63) is 59.7 Å². The maximum Gasteiger partial charge on any atom is 0.416 e. The summed E-state index contributed by atoms with van der Waals surface area (Å²) in [5.74, 6) is 0.834. The molecule has 4 nitrogen and oxygen atoms in total. The first-order valence-electron chi connectivity index (χ1n) is 9.54. The minimum absolute atomic E-state index is 0.0334. The van der Waals surface area contributed by atoms with E-state index < -0.39 is 22.7 Å². The van der Waals surface area contributed by atoms with Crippen LogP contribution >= 0.6 is 0 Å². The average molecular weight is 427 g/mol. The van der Waals surface area contributed by atoms with Crippen LogP contribution in [-0.4, -0.2) is 34.3 Å². The van der Waals surface area contributed by atoms with Crippen molar-refractivity contribution in [2.24, 2.45) is 0 Å². The molecular formula is C21H25F3N2O2S. The number of halogens is 3. The Morgan fingerprint density at radius 1 is 1.21 bits per heavy atom. The van der Waals surface area contributed by atoms with Gasteiger partial charge in [-0.1, -0.05) is 18.2 Å². The summed E-state index contributed by atoms with van der Waals surface area (Å²) in [5, 5.41) is 0. The van der Waals surface area contributed by atoms with Gasteiger partial charge in [0.2, 0.25) is 0 Å². The third-order valence-corrected chi connectivity index (χ3v) is 5.85. The highest BCUT2D eigenvalue weighted by Crippen LogP contribution is 2.30. The number of ether oxygens (including phenoxy) is 1. The van der Waals surface area contributed by atoms with Crippen LogP contribution in [0.5, 0.6) is 5.75 Å². The van der Waals surface area contributed by atoms with Gasteiger partial charge in [-0.15, -0.1) is 0 Å². The highest BCUT2D eigenvalue weighted by Gasteiger charge is 2.31. The second-order valence-electron chi connectivity index (χ2n) is 7.44. The maximum absolute atomic E-state index is 12.8. The van der Waals surface area contributed by atoms with Crippen LogP contribution in [0.1, 0.15) is 31.4 Å². The zero-order valence-electron chi connectivity index (χ0n) is 16.4. The van der Waals surface area contributed by atoms with Crippen molar-refractivity contribution < 1.29 is 22.1 Å². The Morgan fingerprint density at radius 2 is 1.93 bits per heavy atom. The summed E-state index contributed by atoms with van der Waals surface area (Å²) in [5.41, 5.74) is 0.365. The van der Waals surface area contributed by atoms with E-state index in [0.717, 1.165) is 43.0 Å². The first-order chi connectivity index (χ1) is 13.7. The van der Waals surface area contributed by atoms with E-state index in [2.05, 4.69) is 9.62 Å². The van der Waals surface area contributed by atoms with Crippen molar-refractivity contribution in [3.63, 3.8) is 0 Å². The van der Waals surface area contributed by atoms with Gasteiger partial charge in [0.15, 0.2) is 0 Å². The fraction of sp³-hybridized carbons (Fsp3) is 0.429. The first-order valence-corrected chi connectivity index (χ1v) is 10.7. The molecule has 0 amide bonds. The van der Waals surface area contributed by atoms with Crippen molar-refractivity contribution in [3.8, 4) is 5.75 Å². The van der Waals surface area contributed by atoms with E-state index in [9.17, 15) is 17.4 Å². The molecule has 1 aliphatic heterocycles. The Balaban J connectivity index is 1.53. The van der Waals surface area contributed by atoms with Crippen LogP contribution in [0, 0.1) is 0 Å². The summed E-state index contributed by atoms with van der Waals surface area (Å²) in [6, 6.07) is 12.6. The summed E-state index contributed by atoms with van der Waals surface area (Å²) in [7, 11) is -1.68. The van der Waals surface area contributed by atoms with Crippen molar-refractivity contribution in [2.75, 3.05) is 13.1 Å². The zero-order valence-corrected chi connectivity index (χ0v) is 17.2. The second-order valence-corrected chi connectivity index (χ2v) is 8.69. The molecule has 0 spiro atoms. The SMILES string of the molecule is CC(C)Oc1ccc(CN2CCC(NS(=O)c3cccc(C(F)(F)F)c3)C2)cc1. The molecule has 1 heterocycles. The molecule has 2 aromatic rings. The molecular weight excluding hydrogens is 401 g/mol. The number of benzene rings is 2. The van der Waals surface area contributed by atoms with Gasteiger partial charge in [0.1, 0.15) is 16.7 Å². The quantitative estimate of drug-likeness (QED) is 0.715. The molecule has 0 radical (unpaired) electrons. The van der Waals surface area contributed by atoms with Crippen LogP contribution in [0.3, 0.4) is 0 Å². The van der Waals surface area contributed by atoms with Crippen LogP contribution in [0.4, 0.5) is 13.2 Å². The maximum atomic E-state index is 12.8. The molecule has 29 heavy (non-hydrogen) atoms. The molecule has 1 saturated heterocycles. The minimum Gasteiger partial charge on any atom is -0.491 e. The van der Waals surface area contributed by atoms with Gasteiger partial charge in [-0.3, -0.25) is 4.90 Å². The largest absolute Gasteiger partial charge is 0.491 e. The molecule has 2 unspecified atom stereocenters. The Hall–Kier alpha value is -1.90. The van der Waals surface area contributed by atoms with Crippen LogP contribution in [0.25, 0.3) is 0 Å². The van der Waals surface area contributed by atoms with Gasteiger partial charge in [0, 0.05) is 25.7 Å². The number of nitrogens with zero attached hydrogens (tertiary/aromatic N) is 1. The van der Waals surface area contributed by atoms with Gasteiger partial charge < -0.3 is 4.74 Å². The van der Waals surface area contributed by atoms with Gasteiger partial charge in [0.25, 0.3) is 0 Å². The van der Waals surface area contributed by atoms with Crippen LogP contribution in [0.2, 0.25) is 0 Å². The minimum atomic E-state index is -4.44. The molecule has 0 bridgehead atoms. The van der Waals surface area contributed by atoms with E-state index in [4.69, 9.17) is 4.74 Å². The Bertz CT molecular complexity index is 841. The van der Waals surface area contributed by atoms with Gasteiger partial charge in [-0.2, -0.15) is 13.2 Å². The number of hydrogen-bond donors (Lipinski definition) is 1. The highest BCUT2D eigenvalue weighted by molar-refractivity contribution is 7.83. The number of rotatable bonds is 7. The zero-order chi connectivity index (χ0) is 21.0. The Labute approximate surface area is 171 Å². The fourth-order valence-electron chi connectivity index (χ4n) is 3.28. The summed E-state index contributed by atoms with van der Waals surface area (Å²) in [6.07, 6.45) is -3.52. The fourth-order valence-corrected chi connectivity index (χ4v) is 4.35. The molecule has 1 aliphatic rings. The molecule has 0 aliphatic carbocycles. The number of nitrogens with one attached hydrogen (secondary N) is 1. The van der Waals surface area contributed by atoms with E-state index in [0.29, 0.717) is 6.54 Å². The number of alkyl halides is 3. The van der Waals surface area contributed by atoms with Gasteiger partial charge in [0.05, 0.1) is 16.6 Å². The predicted octanol–water partition coefficient (Wildman–Crippen LogP) is 4.38. The lowest BCUT2D eigenvalue weighted by Crippen LogP contribution is -2.33. The molecule has 8 heteroatoms. The molecule has 0 aromatic heterocycles. The second kappa shape index (κ2) is 9.28. The van der Waals surface area contributed by atoms with Crippen LogP contribution < -0.4 is 9.46 Å². The van der Waals surface area contributed by atoms with E-state index >= 15 is 0 Å². The predicted molar refractivity (Wildman–Crippen MR) is 107 cm³/mol. The first kappa shape index (κ1) is 21.8. The molecule has 1 fully saturated rings. The van der Waals surface area contributed by atoms with Crippen molar-refractivity contribution in [2.45, 2.75) is 50.0 Å². The molecule has 2 atom stereocenters. The average Bonchev–Trinajstić information content (AvgIpc) is 3.09. The van der Waals surface area contributed by atoms with E-state index in [1.807, 2.05) is 38.1 Å². The van der Waals surface area contributed by atoms with Gasteiger partial charge in [-0.25, -0.2) is 8.93 Å². The van der Waals surface area contributed by atoms with Crippen molar-refractivity contribution >= 4 is 11.0 Å². The summed E-state index contributed by atoms with van der Waals surface area (Å²) < 4.78 is 59.6.